The van der Waals surface area contributed by atoms with Gasteiger partial charge < -0.3 is 4.74 Å². The average Bonchev–Trinajstić information content (AvgIpc) is 3.26. The van der Waals surface area contributed by atoms with Crippen LogP contribution in [-0.2, 0) is 11.2 Å². The number of hydrogen-bond donors (Lipinski definition) is 0. The smallest absolute Gasteiger partial charge is 0.335 e. The Balaban J connectivity index is 1.55. The first-order valence-electron chi connectivity index (χ1n) is 11.3. The number of ether oxygens (including phenoxy) is 1. The molecular formula is C28H32O2S. The third-order valence-corrected chi connectivity index (χ3v) is 6.51. The van der Waals surface area contributed by atoms with Crippen molar-refractivity contribution in [2.75, 3.05) is 0 Å². The van der Waals surface area contributed by atoms with E-state index in [2.05, 4.69) is 43.3 Å². The molecule has 1 aromatic heterocycles. The summed E-state index contributed by atoms with van der Waals surface area (Å²) in [6.45, 7) is 4.06. The summed E-state index contributed by atoms with van der Waals surface area (Å²) in [5.41, 5.74) is 3.52. The molecule has 2 aromatic carbocycles. The normalized spacial score (nSPS) is 11.2. The van der Waals surface area contributed by atoms with E-state index in [1.165, 1.54) is 66.3 Å². The van der Waals surface area contributed by atoms with Crippen LogP contribution in [0, 0.1) is 0 Å². The molecule has 0 aliphatic carbocycles. The van der Waals surface area contributed by atoms with Crippen molar-refractivity contribution in [2.24, 2.45) is 0 Å². The maximum absolute atomic E-state index is 11.5. The lowest BCUT2D eigenvalue weighted by Gasteiger charge is -2.06. The van der Waals surface area contributed by atoms with E-state index in [-0.39, 0.29) is 5.97 Å². The van der Waals surface area contributed by atoms with Gasteiger partial charge in [0.05, 0.1) is 0 Å². The van der Waals surface area contributed by atoms with Crippen LogP contribution < -0.4 is 4.74 Å². The fourth-order valence-corrected chi connectivity index (χ4v) is 4.63. The minimum atomic E-state index is -0.355. The molecule has 3 rings (SSSR count). The van der Waals surface area contributed by atoms with Gasteiger partial charge in [0.25, 0.3) is 0 Å². The number of rotatable bonds is 11. The van der Waals surface area contributed by atoms with Crippen LogP contribution in [0.15, 0.2) is 72.8 Å². The zero-order valence-corrected chi connectivity index (χ0v) is 19.4. The van der Waals surface area contributed by atoms with Gasteiger partial charge in [0.15, 0.2) is 0 Å². The standard InChI is InChI=1S/C28H32O2S/c1-3-5-6-7-8-9-11-26-20-21-27(31-26)24-14-12-22(13-15-24)23-16-18-25(19-17-23)30-28(29)10-4-2/h4,10,12-21H,3,5-9,11H2,1-2H3. The number of benzene rings is 2. The van der Waals surface area contributed by atoms with Gasteiger partial charge in [0.2, 0.25) is 0 Å². The van der Waals surface area contributed by atoms with Gasteiger partial charge in [0.1, 0.15) is 5.75 Å². The Morgan fingerprint density at radius 1 is 0.806 bits per heavy atom. The van der Waals surface area contributed by atoms with Crippen LogP contribution in [0.5, 0.6) is 5.75 Å². The maximum atomic E-state index is 11.5. The molecule has 2 nitrogen and oxygen atoms in total. The highest BCUT2D eigenvalue weighted by Crippen LogP contribution is 2.31. The average molecular weight is 433 g/mol. The highest BCUT2D eigenvalue weighted by atomic mass is 32.1. The summed E-state index contributed by atoms with van der Waals surface area (Å²) in [5, 5.41) is 0. The number of thiophene rings is 1. The largest absolute Gasteiger partial charge is 0.423 e. The Labute approximate surface area is 190 Å². The summed E-state index contributed by atoms with van der Waals surface area (Å²) in [5.74, 6) is 0.200. The molecule has 31 heavy (non-hydrogen) atoms. The van der Waals surface area contributed by atoms with Gasteiger partial charge >= 0.3 is 5.97 Å². The predicted octanol–water partition coefficient (Wildman–Crippen LogP) is 8.47. The second kappa shape index (κ2) is 12.3. The van der Waals surface area contributed by atoms with E-state index in [0.29, 0.717) is 5.75 Å². The summed E-state index contributed by atoms with van der Waals surface area (Å²) in [7, 11) is 0. The van der Waals surface area contributed by atoms with Crippen LogP contribution >= 0.6 is 11.3 Å². The summed E-state index contributed by atoms with van der Waals surface area (Å²) in [6, 6.07) is 20.9. The molecule has 0 spiro atoms. The van der Waals surface area contributed by atoms with E-state index in [4.69, 9.17) is 4.74 Å². The maximum Gasteiger partial charge on any atom is 0.335 e. The van der Waals surface area contributed by atoms with E-state index < -0.39 is 0 Å². The lowest BCUT2D eigenvalue weighted by molar-refractivity contribution is -0.129. The third-order valence-electron chi connectivity index (χ3n) is 5.32. The molecule has 0 radical (unpaired) electrons. The van der Waals surface area contributed by atoms with Crippen molar-refractivity contribution in [2.45, 2.75) is 58.8 Å². The van der Waals surface area contributed by atoms with Crippen molar-refractivity contribution in [1.82, 2.24) is 0 Å². The molecule has 0 atom stereocenters. The molecule has 0 N–H and O–H groups in total. The Bertz CT molecular complexity index is 965. The van der Waals surface area contributed by atoms with Gasteiger partial charge in [-0.3, -0.25) is 0 Å². The SMILES string of the molecule is CC=CC(=O)Oc1ccc(-c2ccc(-c3ccc(CCCCCCCC)s3)cc2)cc1. The molecule has 162 valence electrons. The Hall–Kier alpha value is -2.65. The summed E-state index contributed by atoms with van der Waals surface area (Å²) < 4.78 is 5.25. The first kappa shape index (κ1) is 23.0. The topological polar surface area (TPSA) is 26.3 Å². The molecule has 3 heteroatoms. The number of carbonyl (C=O) groups is 1. The van der Waals surface area contributed by atoms with Gasteiger partial charge in [0, 0.05) is 15.8 Å². The molecule has 0 saturated carbocycles. The van der Waals surface area contributed by atoms with Crippen LogP contribution in [0.2, 0.25) is 0 Å². The molecule has 0 aliphatic heterocycles. The summed E-state index contributed by atoms with van der Waals surface area (Å²) >= 11 is 1.91. The number of hydrogen-bond acceptors (Lipinski definition) is 3. The van der Waals surface area contributed by atoms with Crippen molar-refractivity contribution in [3.63, 3.8) is 0 Å². The van der Waals surface area contributed by atoms with Crippen LogP contribution in [-0.4, -0.2) is 5.97 Å². The molecule has 0 unspecified atom stereocenters. The number of allylic oxidation sites excluding steroid dienone is 1. The van der Waals surface area contributed by atoms with Crippen molar-refractivity contribution >= 4 is 17.3 Å². The monoisotopic (exact) mass is 432 g/mol. The van der Waals surface area contributed by atoms with Crippen molar-refractivity contribution in [3.05, 3.63) is 77.7 Å². The summed E-state index contributed by atoms with van der Waals surface area (Å²) in [4.78, 5) is 14.4. The van der Waals surface area contributed by atoms with E-state index >= 15 is 0 Å². The summed E-state index contributed by atoms with van der Waals surface area (Å²) in [6.07, 6.45) is 12.3. The zero-order valence-electron chi connectivity index (χ0n) is 18.6. The van der Waals surface area contributed by atoms with E-state index in [0.717, 1.165) is 11.1 Å². The fraction of sp³-hybridized carbons (Fsp3) is 0.321. The minimum absolute atomic E-state index is 0.355. The number of unbranched alkanes of at least 4 members (excludes halogenated alkanes) is 5. The van der Waals surface area contributed by atoms with Gasteiger partial charge in [-0.1, -0.05) is 81.5 Å². The van der Waals surface area contributed by atoms with Crippen LogP contribution in [0.1, 0.15) is 57.2 Å². The van der Waals surface area contributed by atoms with Gasteiger partial charge in [-0.25, -0.2) is 4.79 Å². The van der Waals surface area contributed by atoms with Gasteiger partial charge in [-0.2, -0.15) is 0 Å². The van der Waals surface area contributed by atoms with Crippen molar-refractivity contribution in [3.8, 4) is 27.3 Å². The van der Waals surface area contributed by atoms with Crippen molar-refractivity contribution < 1.29 is 9.53 Å². The van der Waals surface area contributed by atoms with Gasteiger partial charge in [-0.15, -0.1) is 11.3 Å². The molecule has 0 aliphatic rings. The molecule has 1 heterocycles. The lowest BCUT2D eigenvalue weighted by Crippen LogP contribution is -2.03. The first-order valence-corrected chi connectivity index (χ1v) is 12.2. The molecule has 0 bridgehead atoms. The third kappa shape index (κ3) is 7.22. The number of carbonyl (C=O) groups excluding carboxylic acids is 1. The second-order valence-corrected chi connectivity index (χ2v) is 8.97. The Morgan fingerprint density at radius 2 is 1.42 bits per heavy atom. The fourth-order valence-electron chi connectivity index (χ4n) is 3.58. The van der Waals surface area contributed by atoms with E-state index in [1.54, 1.807) is 13.0 Å². The quantitative estimate of drug-likeness (QED) is 0.131. The second-order valence-electron chi connectivity index (χ2n) is 7.81. The molecule has 3 aromatic rings. The minimum Gasteiger partial charge on any atom is -0.423 e. The molecule has 0 saturated heterocycles. The Kier molecular flexibility index (Phi) is 9.11. The van der Waals surface area contributed by atoms with Crippen LogP contribution in [0.3, 0.4) is 0 Å². The van der Waals surface area contributed by atoms with Crippen molar-refractivity contribution in [1.29, 1.82) is 0 Å². The van der Waals surface area contributed by atoms with Gasteiger partial charge in [-0.05, 0) is 60.7 Å². The lowest BCUT2D eigenvalue weighted by atomic mass is 10.0. The molecular weight excluding hydrogens is 400 g/mol. The van der Waals surface area contributed by atoms with E-state index in [1.807, 2.05) is 35.6 Å². The highest BCUT2D eigenvalue weighted by molar-refractivity contribution is 7.15. The highest BCUT2D eigenvalue weighted by Gasteiger charge is 2.06. The Morgan fingerprint density at radius 3 is 2.10 bits per heavy atom. The molecule has 0 amide bonds. The van der Waals surface area contributed by atoms with Crippen LogP contribution in [0.4, 0.5) is 0 Å². The zero-order chi connectivity index (χ0) is 21.9. The molecule has 0 fully saturated rings. The predicted molar refractivity (Wildman–Crippen MR) is 133 cm³/mol. The number of aryl methyl sites for hydroxylation is 1. The van der Waals surface area contributed by atoms with E-state index in [9.17, 15) is 4.79 Å². The van der Waals surface area contributed by atoms with Crippen LogP contribution in [0.25, 0.3) is 21.6 Å². The number of esters is 1. The first-order chi connectivity index (χ1) is 15.2.